The van der Waals surface area contributed by atoms with Gasteiger partial charge in [-0.3, -0.25) is 4.79 Å². The highest BCUT2D eigenvalue weighted by molar-refractivity contribution is 5.94. The molecule has 0 aliphatic carbocycles. The van der Waals surface area contributed by atoms with Gasteiger partial charge in [-0.15, -0.1) is 0 Å². The Hall–Kier alpha value is -1.56. The first kappa shape index (κ1) is 14.8. The van der Waals surface area contributed by atoms with Crippen LogP contribution in [0.25, 0.3) is 0 Å². The monoisotopic (exact) mass is 286 g/mol. The van der Waals surface area contributed by atoms with Crippen LogP contribution in [0.4, 0.5) is 13.2 Å². The van der Waals surface area contributed by atoms with E-state index in [1.165, 1.54) is 0 Å². The van der Waals surface area contributed by atoms with Crippen LogP contribution in [-0.2, 0) is 0 Å². The molecule has 1 saturated heterocycles. The summed E-state index contributed by atoms with van der Waals surface area (Å²) in [6.45, 7) is 3.18. The van der Waals surface area contributed by atoms with Gasteiger partial charge in [0, 0.05) is 24.7 Å². The lowest BCUT2D eigenvalue weighted by molar-refractivity contribution is 0.0935. The van der Waals surface area contributed by atoms with Gasteiger partial charge in [-0.25, -0.2) is 13.2 Å². The van der Waals surface area contributed by atoms with E-state index in [-0.39, 0.29) is 5.92 Å². The molecule has 0 radical (unpaired) electrons. The van der Waals surface area contributed by atoms with E-state index in [0.717, 1.165) is 19.4 Å². The average molecular weight is 286 g/mol. The fraction of sp³-hybridized carbons (Fsp3) is 0.500. The van der Waals surface area contributed by atoms with Crippen LogP contribution in [0.1, 0.15) is 30.1 Å². The Labute approximate surface area is 115 Å². The van der Waals surface area contributed by atoms with E-state index >= 15 is 0 Å². The third-order valence-corrected chi connectivity index (χ3v) is 3.55. The van der Waals surface area contributed by atoms with E-state index in [1.54, 1.807) is 0 Å². The second-order valence-electron chi connectivity index (χ2n) is 5.21. The minimum Gasteiger partial charge on any atom is -0.352 e. The summed E-state index contributed by atoms with van der Waals surface area (Å²) in [4.78, 5) is 11.8. The highest BCUT2D eigenvalue weighted by Crippen LogP contribution is 2.16. The highest BCUT2D eigenvalue weighted by atomic mass is 19.1. The maximum absolute atomic E-state index is 13.4. The minimum absolute atomic E-state index is 0.238. The number of rotatable bonds is 3. The Bertz CT molecular complexity index is 476. The molecular formula is C14H17F3N2O. The Kier molecular flexibility index (Phi) is 4.65. The smallest absolute Gasteiger partial charge is 0.257 e. The van der Waals surface area contributed by atoms with Gasteiger partial charge in [0.15, 0.2) is 0 Å². The lowest BCUT2D eigenvalue weighted by Gasteiger charge is -2.27. The number of hydrogen-bond donors (Lipinski definition) is 2. The Balaban J connectivity index is 1.95. The zero-order valence-corrected chi connectivity index (χ0v) is 11.2. The first-order valence-corrected chi connectivity index (χ1v) is 6.63. The van der Waals surface area contributed by atoms with Crippen molar-refractivity contribution in [2.45, 2.75) is 25.8 Å². The molecule has 20 heavy (non-hydrogen) atoms. The minimum atomic E-state index is -1.18. The number of piperidine rings is 1. The standard InChI is InChI=1S/C14H17F3N2O/c1-8-2-3-9(6-18-8)7-19-14(20)13-11(16)4-10(15)5-12(13)17/h4-5,8-9,18H,2-3,6-7H2,1H3,(H,19,20). The van der Waals surface area contributed by atoms with Gasteiger partial charge >= 0.3 is 0 Å². The fourth-order valence-electron chi connectivity index (χ4n) is 2.32. The first-order chi connectivity index (χ1) is 9.47. The molecule has 0 spiro atoms. The number of carbonyl (C=O) groups is 1. The molecule has 1 aromatic carbocycles. The van der Waals surface area contributed by atoms with Gasteiger partial charge in [0.05, 0.1) is 0 Å². The number of amides is 1. The van der Waals surface area contributed by atoms with Gasteiger partial charge in [0.25, 0.3) is 5.91 Å². The quantitative estimate of drug-likeness (QED) is 0.894. The summed E-state index contributed by atoms with van der Waals surface area (Å²) in [6.07, 6.45) is 1.95. The molecule has 2 atom stereocenters. The lowest BCUT2D eigenvalue weighted by Crippen LogP contribution is -2.42. The van der Waals surface area contributed by atoms with Gasteiger partial charge in [-0.1, -0.05) is 0 Å². The van der Waals surface area contributed by atoms with Crippen molar-refractivity contribution in [1.29, 1.82) is 0 Å². The normalized spacial score (nSPS) is 22.6. The van der Waals surface area contributed by atoms with Crippen molar-refractivity contribution in [2.75, 3.05) is 13.1 Å². The molecule has 0 aromatic heterocycles. The molecular weight excluding hydrogens is 269 g/mol. The Morgan fingerprint density at radius 3 is 2.50 bits per heavy atom. The van der Waals surface area contributed by atoms with E-state index in [9.17, 15) is 18.0 Å². The van der Waals surface area contributed by atoms with Crippen LogP contribution >= 0.6 is 0 Å². The summed E-state index contributed by atoms with van der Waals surface area (Å²) < 4.78 is 39.6. The van der Waals surface area contributed by atoms with Crippen LogP contribution in [0.3, 0.4) is 0 Å². The van der Waals surface area contributed by atoms with Crippen molar-refractivity contribution in [3.05, 3.63) is 35.1 Å². The highest BCUT2D eigenvalue weighted by Gasteiger charge is 2.21. The van der Waals surface area contributed by atoms with E-state index in [1.807, 2.05) is 0 Å². The molecule has 2 rings (SSSR count). The number of benzene rings is 1. The van der Waals surface area contributed by atoms with Crippen LogP contribution in [0.5, 0.6) is 0 Å². The molecule has 1 heterocycles. The molecule has 1 amide bonds. The predicted molar refractivity (Wildman–Crippen MR) is 68.8 cm³/mol. The maximum atomic E-state index is 13.4. The van der Waals surface area contributed by atoms with Crippen molar-refractivity contribution in [3.8, 4) is 0 Å². The van der Waals surface area contributed by atoms with E-state index in [2.05, 4.69) is 17.6 Å². The van der Waals surface area contributed by atoms with Crippen LogP contribution < -0.4 is 10.6 Å². The number of carbonyl (C=O) groups excluding carboxylic acids is 1. The third kappa shape index (κ3) is 3.50. The van der Waals surface area contributed by atoms with E-state index in [0.29, 0.717) is 24.7 Å². The molecule has 1 aliphatic heterocycles. The molecule has 2 unspecified atom stereocenters. The molecule has 2 N–H and O–H groups in total. The van der Waals surface area contributed by atoms with Crippen molar-refractivity contribution < 1.29 is 18.0 Å². The molecule has 3 nitrogen and oxygen atoms in total. The molecule has 110 valence electrons. The average Bonchev–Trinajstić information content (AvgIpc) is 2.37. The molecule has 1 aromatic rings. The van der Waals surface area contributed by atoms with Crippen LogP contribution in [0.2, 0.25) is 0 Å². The number of nitrogens with one attached hydrogen (secondary N) is 2. The third-order valence-electron chi connectivity index (χ3n) is 3.55. The number of hydrogen-bond acceptors (Lipinski definition) is 2. The van der Waals surface area contributed by atoms with Gasteiger partial charge in [0.1, 0.15) is 23.0 Å². The van der Waals surface area contributed by atoms with E-state index in [4.69, 9.17) is 0 Å². The van der Waals surface area contributed by atoms with Gasteiger partial charge in [-0.05, 0) is 32.2 Å². The molecule has 6 heteroatoms. The van der Waals surface area contributed by atoms with Crippen molar-refractivity contribution in [2.24, 2.45) is 5.92 Å². The SMILES string of the molecule is CC1CCC(CNC(=O)c2c(F)cc(F)cc2F)CN1. The fourth-order valence-corrected chi connectivity index (χ4v) is 2.32. The zero-order valence-electron chi connectivity index (χ0n) is 11.2. The van der Waals surface area contributed by atoms with E-state index < -0.39 is 28.9 Å². The molecule has 1 fully saturated rings. The second kappa shape index (κ2) is 6.26. The first-order valence-electron chi connectivity index (χ1n) is 6.63. The van der Waals surface area contributed by atoms with Crippen LogP contribution in [0, 0.1) is 23.4 Å². The largest absolute Gasteiger partial charge is 0.352 e. The summed E-state index contributed by atoms with van der Waals surface area (Å²) in [6, 6.07) is 1.46. The Morgan fingerprint density at radius 1 is 1.30 bits per heavy atom. The molecule has 0 saturated carbocycles. The van der Waals surface area contributed by atoms with Gasteiger partial charge < -0.3 is 10.6 Å². The van der Waals surface area contributed by atoms with Crippen LogP contribution in [0.15, 0.2) is 12.1 Å². The summed E-state index contributed by atoms with van der Waals surface area (Å²) in [5.41, 5.74) is -0.733. The molecule has 0 bridgehead atoms. The van der Waals surface area contributed by atoms with Gasteiger partial charge in [0.2, 0.25) is 0 Å². The lowest BCUT2D eigenvalue weighted by atomic mass is 9.95. The van der Waals surface area contributed by atoms with Crippen molar-refractivity contribution >= 4 is 5.91 Å². The van der Waals surface area contributed by atoms with Crippen LogP contribution in [-0.4, -0.2) is 25.0 Å². The maximum Gasteiger partial charge on any atom is 0.257 e. The summed E-state index contributed by atoms with van der Waals surface area (Å²) >= 11 is 0. The molecule has 1 aliphatic rings. The van der Waals surface area contributed by atoms with Gasteiger partial charge in [-0.2, -0.15) is 0 Å². The predicted octanol–water partition coefficient (Wildman–Crippen LogP) is 2.22. The Morgan fingerprint density at radius 2 is 1.95 bits per heavy atom. The van der Waals surface area contributed by atoms with Crippen molar-refractivity contribution in [3.63, 3.8) is 0 Å². The second-order valence-corrected chi connectivity index (χ2v) is 5.21. The van der Waals surface area contributed by atoms with Crippen molar-refractivity contribution in [1.82, 2.24) is 10.6 Å². The topological polar surface area (TPSA) is 41.1 Å². The summed E-state index contributed by atoms with van der Waals surface area (Å²) in [5, 5.41) is 5.78. The summed E-state index contributed by atoms with van der Waals surface area (Å²) in [7, 11) is 0. The zero-order chi connectivity index (χ0) is 14.7. The summed E-state index contributed by atoms with van der Waals surface area (Å²) in [5.74, 6) is -4.02. The number of halogens is 3.